The van der Waals surface area contributed by atoms with Gasteiger partial charge in [-0.15, -0.1) is 11.3 Å². The molecule has 0 amide bonds. The molecule has 5 heteroatoms. The van der Waals surface area contributed by atoms with Crippen LogP contribution in [0.1, 0.15) is 71.3 Å². The lowest BCUT2D eigenvalue weighted by Gasteiger charge is -2.16. The Balaban J connectivity index is 1.47. The number of thiophene rings is 1. The molecule has 0 saturated carbocycles. The van der Waals surface area contributed by atoms with Gasteiger partial charge in [-0.05, 0) is 73.7 Å². The number of hydrogen-bond donors (Lipinski definition) is 0. The Bertz CT molecular complexity index is 1640. The van der Waals surface area contributed by atoms with Crippen LogP contribution in [0.3, 0.4) is 0 Å². The van der Waals surface area contributed by atoms with Gasteiger partial charge in [-0.3, -0.25) is 9.36 Å². The van der Waals surface area contributed by atoms with Crippen molar-refractivity contribution in [2.45, 2.75) is 65.8 Å². The molecule has 2 aromatic carbocycles. The summed E-state index contributed by atoms with van der Waals surface area (Å²) in [5.74, 6) is 0.772. The topological polar surface area (TPSA) is 58.7 Å². The van der Waals surface area contributed by atoms with E-state index in [2.05, 4.69) is 74.5 Å². The van der Waals surface area contributed by atoms with Crippen molar-refractivity contribution in [1.29, 1.82) is 5.26 Å². The van der Waals surface area contributed by atoms with Gasteiger partial charge in [0.25, 0.3) is 5.56 Å². The lowest BCUT2D eigenvalue weighted by Crippen LogP contribution is -2.29. The van der Waals surface area contributed by atoms with Crippen molar-refractivity contribution in [3.63, 3.8) is 0 Å². The van der Waals surface area contributed by atoms with Gasteiger partial charge in [0.1, 0.15) is 5.82 Å². The average molecular weight is 520 g/mol. The standard InChI is InChI=1S/C33H33N3OS/c1-4-5-10-31-30(18-24-12-14-25(15-13-24)29-9-7-6-8-26(29)20-34)33(37)36(23(3)35-31)21-28-19-27-17-22(2)11-16-32(27)38-28/h8-9,11-17,19H,4-7,10,18,21H2,1-3H3. The molecule has 0 spiro atoms. The quantitative estimate of drug-likeness (QED) is 0.240. The number of allylic oxidation sites excluding steroid dienone is 4. The third-order valence-electron chi connectivity index (χ3n) is 7.26. The number of nitrogens with zero attached hydrogens (tertiary/aromatic N) is 3. The van der Waals surface area contributed by atoms with Gasteiger partial charge in [0.15, 0.2) is 0 Å². The molecule has 0 bridgehead atoms. The van der Waals surface area contributed by atoms with Crippen LogP contribution in [0.5, 0.6) is 0 Å². The average Bonchev–Trinajstić information content (AvgIpc) is 3.33. The van der Waals surface area contributed by atoms with E-state index in [-0.39, 0.29) is 5.56 Å². The minimum Gasteiger partial charge on any atom is -0.291 e. The van der Waals surface area contributed by atoms with Crippen LogP contribution in [-0.4, -0.2) is 9.55 Å². The molecule has 0 saturated heterocycles. The molecule has 0 aliphatic heterocycles. The van der Waals surface area contributed by atoms with E-state index in [0.29, 0.717) is 13.0 Å². The molecule has 5 rings (SSSR count). The Hall–Kier alpha value is -3.75. The van der Waals surface area contributed by atoms with Gasteiger partial charge in [0.05, 0.1) is 23.9 Å². The van der Waals surface area contributed by atoms with Gasteiger partial charge < -0.3 is 0 Å². The highest BCUT2D eigenvalue weighted by Crippen LogP contribution is 2.29. The largest absolute Gasteiger partial charge is 0.291 e. The van der Waals surface area contributed by atoms with Gasteiger partial charge in [0, 0.05) is 21.6 Å². The van der Waals surface area contributed by atoms with Gasteiger partial charge >= 0.3 is 0 Å². The fourth-order valence-corrected chi connectivity index (χ4v) is 6.22. The van der Waals surface area contributed by atoms with Crippen molar-refractivity contribution in [1.82, 2.24) is 9.55 Å². The van der Waals surface area contributed by atoms with Crippen molar-refractivity contribution in [2.75, 3.05) is 0 Å². The second-order valence-electron chi connectivity index (χ2n) is 10.1. The first-order valence-corrected chi connectivity index (χ1v) is 14.3. The lowest BCUT2D eigenvalue weighted by atomic mass is 9.91. The van der Waals surface area contributed by atoms with E-state index in [1.165, 1.54) is 15.6 Å². The van der Waals surface area contributed by atoms with Crippen LogP contribution in [-0.2, 0) is 19.4 Å². The second-order valence-corrected chi connectivity index (χ2v) is 11.3. The molecule has 0 N–H and O–H groups in total. The first-order valence-electron chi connectivity index (χ1n) is 13.4. The van der Waals surface area contributed by atoms with Crippen molar-refractivity contribution in [3.8, 4) is 6.07 Å². The zero-order valence-electron chi connectivity index (χ0n) is 22.4. The highest BCUT2D eigenvalue weighted by molar-refractivity contribution is 7.19. The van der Waals surface area contributed by atoms with Crippen molar-refractivity contribution < 1.29 is 0 Å². The predicted molar refractivity (Wildman–Crippen MR) is 158 cm³/mol. The molecular weight excluding hydrogens is 486 g/mol. The lowest BCUT2D eigenvalue weighted by molar-refractivity contribution is 0.667. The Morgan fingerprint density at radius 3 is 2.61 bits per heavy atom. The Labute approximate surface area is 228 Å². The van der Waals surface area contributed by atoms with E-state index in [1.807, 2.05) is 17.6 Å². The zero-order valence-corrected chi connectivity index (χ0v) is 23.2. The van der Waals surface area contributed by atoms with E-state index < -0.39 is 0 Å². The van der Waals surface area contributed by atoms with E-state index >= 15 is 0 Å². The van der Waals surface area contributed by atoms with Crippen LogP contribution in [0.2, 0.25) is 0 Å². The smallest absolute Gasteiger partial charge is 0.257 e. The summed E-state index contributed by atoms with van der Waals surface area (Å²) in [5, 5.41) is 10.7. The van der Waals surface area contributed by atoms with Crippen LogP contribution in [0.15, 0.2) is 71.1 Å². The Morgan fingerprint density at radius 2 is 1.84 bits per heavy atom. The fraction of sp³-hybridized carbons (Fsp3) is 0.303. The molecule has 4 aromatic rings. The molecule has 0 atom stereocenters. The molecule has 1 aliphatic carbocycles. The molecule has 38 heavy (non-hydrogen) atoms. The SMILES string of the molecule is CCCCc1nc(C)n(Cc2cc3cc(C)ccc3s2)c(=O)c1Cc1ccc(C2=CCCC=C2C#N)cc1. The molecule has 2 heterocycles. The summed E-state index contributed by atoms with van der Waals surface area (Å²) in [6, 6.07) is 19.3. The highest BCUT2D eigenvalue weighted by atomic mass is 32.1. The van der Waals surface area contributed by atoms with Gasteiger partial charge in [-0.25, -0.2) is 4.98 Å². The number of rotatable bonds is 8. The monoisotopic (exact) mass is 519 g/mol. The molecule has 1 aliphatic rings. The predicted octanol–water partition coefficient (Wildman–Crippen LogP) is 7.68. The maximum Gasteiger partial charge on any atom is 0.257 e. The first-order chi connectivity index (χ1) is 18.5. The minimum absolute atomic E-state index is 0.0611. The van der Waals surface area contributed by atoms with Crippen LogP contribution in [0, 0.1) is 25.2 Å². The molecule has 192 valence electrons. The molecule has 0 fully saturated rings. The van der Waals surface area contributed by atoms with Gasteiger partial charge in [-0.2, -0.15) is 5.26 Å². The van der Waals surface area contributed by atoms with Crippen LogP contribution in [0.25, 0.3) is 15.7 Å². The number of hydrogen-bond acceptors (Lipinski definition) is 4. The molecular formula is C33H33N3OS. The minimum atomic E-state index is 0.0611. The summed E-state index contributed by atoms with van der Waals surface area (Å²) < 4.78 is 3.08. The van der Waals surface area contributed by atoms with Gasteiger partial charge in [0.2, 0.25) is 0 Å². The maximum atomic E-state index is 13.9. The van der Waals surface area contributed by atoms with Crippen LogP contribution >= 0.6 is 11.3 Å². The molecule has 4 nitrogen and oxygen atoms in total. The van der Waals surface area contributed by atoms with Crippen molar-refractivity contribution in [2.24, 2.45) is 0 Å². The number of nitriles is 1. The Kier molecular flexibility index (Phi) is 7.72. The summed E-state index contributed by atoms with van der Waals surface area (Å²) in [4.78, 5) is 20.0. The normalized spacial score (nSPS) is 13.3. The fourth-order valence-electron chi connectivity index (χ4n) is 5.18. The number of fused-ring (bicyclic) bond motifs is 1. The van der Waals surface area contributed by atoms with E-state index in [1.54, 1.807) is 11.3 Å². The van der Waals surface area contributed by atoms with Crippen molar-refractivity contribution in [3.05, 3.63) is 115 Å². The first kappa shape index (κ1) is 25.9. The zero-order chi connectivity index (χ0) is 26.6. The molecule has 0 radical (unpaired) electrons. The number of unbranched alkanes of at least 4 members (excludes halogenated alkanes) is 1. The highest BCUT2D eigenvalue weighted by Gasteiger charge is 2.17. The third-order valence-corrected chi connectivity index (χ3v) is 8.36. The number of benzene rings is 2. The van der Waals surface area contributed by atoms with Crippen LogP contribution < -0.4 is 5.56 Å². The van der Waals surface area contributed by atoms with E-state index in [4.69, 9.17) is 4.98 Å². The molecule has 2 aromatic heterocycles. The Morgan fingerprint density at radius 1 is 1.05 bits per heavy atom. The summed E-state index contributed by atoms with van der Waals surface area (Å²) in [7, 11) is 0. The van der Waals surface area contributed by atoms with Crippen LogP contribution in [0.4, 0.5) is 0 Å². The third kappa shape index (κ3) is 5.42. The summed E-state index contributed by atoms with van der Waals surface area (Å²) in [6.07, 6.45) is 9.47. The summed E-state index contributed by atoms with van der Waals surface area (Å²) in [5.41, 5.74) is 6.90. The number of aromatic nitrogens is 2. The molecule has 0 unspecified atom stereocenters. The van der Waals surface area contributed by atoms with Crippen molar-refractivity contribution >= 4 is 27.0 Å². The maximum absolute atomic E-state index is 13.9. The van der Waals surface area contributed by atoms with E-state index in [9.17, 15) is 10.1 Å². The number of aryl methyl sites for hydroxylation is 3. The summed E-state index contributed by atoms with van der Waals surface area (Å²) in [6.45, 7) is 6.76. The van der Waals surface area contributed by atoms with E-state index in [0.717, 1.165) is 76.3 Å². The summed E-state index contributed by atoms with van der Waals surface area (Å²) >= 11 is 1.74. The second kappa shape index (κ2) is 11.3. The van der Waals surface area contributed by atoms with Gasteiger partial charge in [-0.1, -0.05) is 67.5 Å².